The Balaban J connectivity index is 1.20. The summed E-state index contributed by atoms with van der Waals surface area (Å²) in [5, 5.41) is 14.9. The van der Waals surface area contributed by atoms with Crippen LogP contribution in [0.4, 0.5) is 16.0 Å². The van der Waals surface area contributed by atoms with Crippen molar-refractivity contribution in [3.8, 4) is 22.6 Å². The third-order valence-electron chi connectivity index (χ3n) is 7.97. The molecule has 2 aliphatic heterocycles. The molecule has 8 nitrogen and oxygen atoms in total. The number of hydrogen-bond acceptors (Lipinski definition) is 7. The van der Waals surface area contributed by atoms with E-state index in [-0.39, 0.29) is 18.0 Å². The number of rotatable bonds is 5. The molecule has 40 heavy (non-hydrogen) atoms. The number of aromatic nitrogens is 5. The molecule has 5 aromatic rings. The zero-order valence-corrected chi connectivity index (χ0v) is 22.1. The second kappa shape index (κ2) is 10.3. The van der Waals surface area contributed by atoms with Gasteiger partial charge in [0, 0.05) is 31.4 Å². The summed E-state index contributed by atoms with van der Waals surface area (Å²) in [5.41, 5.74) is 5.12. The molecule has 0 amide bonds. The summed E-state index contributed by atoms with van der Waals surface area (Å²) >= 11 is 0. The molecule has 9 heteroatoms. The van der Waals surface area contributed by atoms with E-state index in [0.29, 0.717) is 0 Å². The Morgan fingerprint density at radius 2 is 1.68 bits per heavy atom. The molecule has 2 fully saturated rings. The monoisotopic (exact) mass is 535 g/mol. The van der Waals surface area contributed by atoms with Gasteiger partial charge in [-0.2, -0.15) is 0 Å². The van der Waals surface area contributed by atoms with Crippen molar-refractivity contribution in [1.29, 1.82) is 0 Å². The van der Waals surface area contributed by atoms with Crippen molar-refractivity contribution in [1.82, 2.24) is 24.6 Å². The summed E-state index contributed by atoms with van der Waals surface area (Å²) in [7, 11) is 0. The number of halogens is 1. The SMILES string of the molecule is OC1CCN(c2cc(-c3cccc(-c4cnc5ccc(N6CCCC6c6cccc(F)c6)nn45)n3)ccn2)CC1. The van der Waals surface area contributed by atoms with Gasteiger partial charge < -0.3 is 14.9 Å². The smallest absolute Gasteiger partial charge is 0.154 e. The first-order valence-corrected chi connectivity index (χ1v) is 13.9. The summed E-state index contributed by atoms with van der Waals surface area (Å²) in [6.07, 6.45) is 6.88. The summed E-state index contributed by atoms with van der Waals surface area (Å²) < 4.78 is 15.8. The number of piperidine rings is 1. The number of hydrogen-bond donors (Lipinski definition) is 1. The standard InChI is InChI=1S/C31H30FN7O/c32-23-5-1-4-22(18-23)27-8-3-15-38(27)30-10-9-29-34-20-28(39(29)36-30)26-7-2-6-25(35-26)21-11-14-33-31(19-21)37-16-12-24(40)13-17-37/h1-2,4-7,9-11,14,18-20,24,27,40H,3,8,12-13,15-17H2. The van der Waals surface area contributed by atoms with Crippen LogP contribution in [0.25, 0.3) is 28.3 Å². The fraction of sp³-hybridized carbons (Fsp3) is 0.290. The first kappa shape index (κ1) is 24.7. The predicted octanol–water partition coefficient (Wildman–Crippen LogP) is 5.30. The highest BCUT2D eigenvalue weighted by Gasteiger charge is 2.28. The molecule has 202 valence electrons. The van der Waals surface area contributed by atoms with E-state index >= 15 is 0 Å². The van der Waals surface area contributed by atoms with E-state index in [0.717, 1.165) is 90.8 Å². The Labute approximate surface area is 231 Å². The maximum Gasteiger partial charge on any atom is 0.154 e. The summed E-state index contributed by atoms with van der Waals surface area (Å²) in [6.45, 7) is 2.44. The average molecular weight is 536 g/mol. The van der Waals surface area contributed by atoms with E-state index in [9.17, 15) is 9.50 Å². The molecule has 0 bridgehead atoms. The Morgan fingerprint density at radius 3 is 2.55 bits per heavy atom. The van der Waals surface area contributed by atoms with Crippen molar-refractivity contribution < 1.29 is 9.50 Å². The highest BCUT2D eigenvalue weighted by atomic mass is 19.1. The summed E-state index contributed by atoms with van der Waals surface area (Å²) in [4.78, 5) is 18.6. The molecule has 6 heterocycles. The number of fused-ring (bicyclic) bond motifs is 1. The second-order valence-corrected chi connectivity index (χ2v) is 10.5. The van der Waals surface area contributed by atoms with Crippen LogP contribution in [-0.4, -0.2) is 55.4 Å². The third kappa shape index (κ3) is 4.66. The largest absolute Gasteiger partial charge is 0.393 e. The van der Waals surface area contributed by atoms with Gasteiger partial charge >= 0.3 is 0 Å². The third-order valence-corrected chi connectivity index (χ3v) is 7.97. The molecule has 1 N–H and O–H groups in total. The summed E-state index contributed by atoms with van der Waals surface area (Å²) in [5.74, 6) is 1.52. The highest BCUT2D eigenvalue weighted by molar-refractivity contribution is 5.68. The molecule has 2 saturated heterocycles. The van der Waals surface area contributed by atoms with Gasteiger partial charge in [0.15, 0.2) is 5.65 Å². The minimum Gasteiger partial charge on any atom is -0.393 e. The quantitative estimate of drug-likeness (QED) is 0.327. The molecule has 4 aromatic heterocycles. The van der Waals surface area contributed by atoms with Gasteiger partial charge in [-0.1, -0.05) is 18.2 Å². The molecular formula is C31H30FN7O. The first-order chi connectivity index (χ1) is 19.6. The number of anilines is 2. The van der Waals surface area contributed by atoms with Gasteiger partial charge in [-0.05, 0) is 79.8 Å². The number of aliphatic hydroxyl groups excluding tert-OH is 1. The first-order valence-electron chi connectivity index (χ1n) is 13.9. The van der Waals surface area contributed by atoms with E-state index < -0.39 is 0 Å². The van der Waals surface area contributed by atoms with Crippen molar-refractivity contribution in [3.05, 3.63) is 90.5 Å². The molecule has 2 aliphatic rings. The number of aliphatic hydroxyl groups is 1. The minimum atomic E-state index is -0.227. The lowest BCUT2D eigenvalue weighted by molar-refractivity contribution is 0.145. The molecule has 1 atom stereocenters. The molecule has 0 aliphatic carbocycles. The number of benzene rings is 1. The van der Waals surface area contributed by atoms with Crippen molar-refractivity contribution >= 4 is 17.3 Å². The minimum absolute atomic E-state index is 0.0816. The Hall–Kier alpha value is -4.37. The van der Waals surface area contributed by atoms with Crippen molar-refractivity contribution in [3.63, 3.8) is 0 Å². The van der Waals surface area contributed by atoms with Crippen LogP contribution in [0.2, 0.25) is 0 Å². The molecule has 0 spiro atoms. The normalized spacial score (nSPS) is 18.1. The van der Waals surface area contributed by atoms with Gasteiger partial charge in [-0.15, -0.1) is 5.10 Å². The maximum atomic E-state index is 14.0. The van der Waals surface area contributed by atoms with Gasteiger partial charge in [0.1, 0.15) is 23.1 Å². The highest BCUT2D eigenvalue weighted by Crippen LogP contribution is 2.36. The van der Waals surface area contributed by atoms with Crippen molar-refractivity contribution in [2.45, 2.75) is 37.8 Å². The number of nitrogens with zero attached hydrogens (tertiary/aromatic N) is 7. The van der Waals surface area contributed by atoms with E-state index in [1.165, 1.54) is 6.07 Å². The van der Waals surface area contributed by atoms with E-state index in [4.69, 9.17) is 10.1 Å². The van der Waals surface area contributed by atoms with Crippen LogP contribution in [-0.2, 0) is 0 Å². The molecule has 7 rings (SSSR count). The van der Waals surface area contributed by atoms with Gasteiger partial charge in [0.05, 0.1) is 29.7 Å². The van der Waals surface area contributed by atoms with Crippen LogP contribution in [0.3, 0.4) is 0 Å². The van der Waals surface area contributed by atoms with Gasteiger partial charge in [-0.25, -0.2) is 23.9 Å². The zero-order chi connectivity index (χ0) is 27.1. The van der Waals surface area contributed by atoms with Gasteiger partial charge in [0.2, 0.25) is 0 Å². The lowest BCUT2D eigenvalue weighted by Crippen LogP contribution is -2.36. The Morgan fingerprint density at radius 1 is 0.825 bits per heavy atom. The number of imidazole rings is 1. The Bertz CT molecular complexity index is 1660. The summed E-state index contributed by atoms with van der Waals surface area (Å²) in [6, 6.07) is 20.9. The zero-order valence-electron chi connectivity index (χ0n) is 22.1. The van der Waals surface area contributed by atoms with Crippen LogP contribution in [0.5, 0.6) is 0 Å². The lowest BCUT2D eigenvalue weighted by atomic mass is 10.0. The Kier molecular flexibility index (Phi) is 6.36. The van der Waals surface area contributed by atoms with E-state index in [1.807, 2.05) is 59.4 Å². The molecule has 1 aromatic carbocycles. The van der Waals surface area contributed by atoms with Gasteiger partial charge in [0.25, 0.3) is 0 Å². The predicted molar refractivity (Wildman–Crippen MR) is 153 cm³/mol. The van der Waals surface area contributed by atoms with Crippen molar-refractivity contribution in [2.75, 3.05) is 29.4 Å². The maximum absolute atomic E-state index is 14.0. The fourth-order valence-electron chi connectivity index (χ4n) is 5.88. The molecule has 1 unspecified atom stereocenters. The van der Waals surface area contributed by atoms with E-state index in [1.54, 1.807) is 12.1 Å². The van der Waals surface area contributed by atoms with Gasteiger partial charge in [-0.3, -0.25) is 0 Å². The van der Waals surface area contributed by atoms with Crippen LogP contribution in [0, 0.1) is 5.82 Å². The number of pyridine rings is 2. The second-order valence-electron chi connectivity index (χ2n) is 10.5. The molecule has 0 radical (unpaired) electrons. The van der Waals surface area contributed by atoms with Crippen LogP contribution in [0.1, 0.15) is 37.3 Å². The topological polar surface area (TPSA) is 82.7 Å². The fourth-order valence-corrected chi connectivity index (χ4v) is 5.88. The lowest BCUT2D eigenvalue weighted by Gasteiger charge is -2.30. The molecular weight excluding hydrogens is 505 g/mol. The van der Waals surface area contributed by atoms with E-state index in [2.05, 4.69) is 25.8 Å². The van der Waals surface area contributed by atoms with Crippen LogP contribution < -0.4 is 9.80 Å². The van der Waals surface area contributed by atoms with Crippen LogP contribution in [0.15, 0.2) is 79.1 Å². The van der Waals surface area contributed by atoms with Crippen molar-refractivity contribution in [2.24, 2.45) is 0 Å². The molecule has 0 saturated carbocycles. The average Bonchev–Trinajstić information content (AvgIpc) is 3.65. The van der Waals surface area contributed by atoms with Crippen LogP contribution >= 0.6 is 0 Å².